The highest BCUT2D eigenvalue weighted by Crippen LogP contribution is 2.52. The number of anilines is 1. The molecule has 1 aliphatic carbocycles. The van der Waals surface area contributed by atoms with Crippen molar-refractivity contribution in [2.75, 3.05) is 24.3 Å². The first-order valence-electron chi connectivity index (χ1n) is 14.6. The number of unbranched alkanes of at least 4 members (excludes halogenated alkanes) is 3. The Morgan fingerprint density at radius 2 is 1.72 bits per heavy atom. The van der Waals surface area contributed by atoms with Crippen molar-refractivity contribution in [1.82, 2.24) is 0 Å². The molecule has 0 N–H and O–H groups in total. The summed E-state index contributed by atoms with van der Waals surface area (Å²) in [5.74, 6) is -1.46. The van der Waals surface area contributed by atoms with Crippen LogP contribution in [0.1, 0.15) is 49.3 Å². The molecule has 2 aromatic carbocycles. The molecule has 5 rings (SSSR count). The number of alkyl halides is 3. The monoisotopic (exact) mass is 664 g/mol. The molecule has 0 saturated heterocycles. The Hall–Kier alpha value is -4.53. The summed E-state index contributed by atoms with van der Waals surface area (Å²) in [6.45, 7) is 1.49. The molecule has 2 heterocycles. The third-order valence-corrected chi connectivity index (χ3v) is 9.86. The van der Waals surface area contributed by atoms with Gasteiger partial charge < -0.3 is 19.0 Å². The maximum Gasteiger partial charge on any atom is 0.418 e. The van der Waals surface area contributed by atoms with Crippen LogP contribution in [0.4, 0.5) is 18.9 Å². The first kappa shape index (κ1) is 32.9. The predicted octanol–water partition coefficient (Wildman–Crippen LogP) is 5.98. The van der Waals surface area contributed by atoms with Gasteiger partial charge in [0, 0.05) is 17.1 Å². The van der Waals surface area contributed by atoms with Gasteiger partial charge in [0.25, 0.3) is 5.09 Å². The van der Waals surface area contributed by atoms with Crippen LogP contribution in [0.5, 0.6) is 11.5 Å². The number of aryl methyl sites for hydroxylation is 1. The smallest absolute Gasteiger partial charge is 0.418 e. The zero-order valence-electron chi connectivity index (χ0n) is 24.7. The molecule has 0 fully saturated rings. The van der Waals surface area contributed by atoms with Crippen molar-refractivity contribution in [3.63, 3.8) is 0 Å². The van der Waals surface area contributed by atoms with E-state index in [1.807, 2.05) is 6.92 Å². The molecule has 46 heavy (non-hydrogen) atoms. The average molecular weight is 665 g/mol. The molecule has 0 radical (unpaired) electrons. The summed E-state index contributed by atoms with van der Waals surface area (Å²) in [4.78, 5) is 28.6. The first-order chi connectivity index (χ1) is 22.0. The number of rotatable bonds is 12. The van der Waals surface area contributed by atoms with E-state index in [-0.39, 0.29) is 31.3 Å². The molecule has 0 saturated carbocycles. The van der Waals surface area contributed by atoms with Crippen molar-refractivity contribution in [2.24, 2.45) is 5.92 Å². The second-order valence-corrected chi connectivity index (χ2v) is 12.6. The van der Waals surface area contributed by atoms with Gasteiger partial charge in [0.15, 0.2) is 11.5 Å². The number of carbonyl (C=O) groups excluding carboxylic acids is 1. The molecule has 15 heteroatoms. The Bertz CT molecular complexity index is 1700. The molecule has 0 spiro atoms. The first-order valence-corrected chi connectivity index (χ1v) is 16.1. The molecular formula is C31H31F3N2O9S. The van der Waals surface area contributed by atoms with Gasteiger partial charge in [-0.05, 0) is 43.4 Å². The van der Waals surface area contributed by atoms with Crippen LogP contribution in [0.3, 0.4) is 0 Å². The standard InChI is InChI=1S/C31H31F3N2O9S/c1-2-20-15-16-22(29-28(20)43-19-44-29)26-21-11-5-8-14-25(21)46(40,41)35(24-13-7-6-12-23(24)31(32,33)34)27(26)30(37)42-17-9-3-4-10-18-45-36(38)39/h5-8,11-16,21,25H,2-4,9-10,17-19H2,1H3. The van der Waals surface area contributed by atoms with Crippen LogP contribution in [0.2, 0.25) is 0 Å². The maximum atomic E-state index is 14.4. The van der Waals surface area contributed by atoms with E-state index in [1.165, 1.54) is 18.2 Å². The number of fused-ring (bicyclic) bond motifs is 2. The molecule has 246 valence electrons. The van der Waals surface area contributed by atoms with E-state index in [2.05, 4.69) is 4.84 Å². The molecular weight excluding hydrogens is 633 g/mol. The Labute approximate surface area is 263 Å². The second-order valence-electron chi connectivity index (χ2n) is 10.6. The highest BCUT2D eigenvalue weighted by atomic mass is 32.2. The quantitative estimate of drug-likeness (QED) is 0.116. The number of halogens is 3. The molecule has 2 aromatic rings. The van der Waals surface area contributed by atoms with Crippen LogP contribution >= 0.6 is 0 Å². The van der Waals surface area contributed by atoms with Gasteiger partial charge >= 0.3 is 12.1 Å². The number of para-hydroxylation sites is 1. The van der Waals surface area contributed by atoms with Crippen molar-refractivity contribution < 1.29 is 50.5 Å². The lowest BCUT2D eigenvalue weighted by molar-refractivity contribution is -0.757. The summed E-state index contributed by atoms with van der Waals surface area (Å²) in [6.07, 6.45) is 3.40. The predicted molar refractivity (Wildman–Crippen MR) is 160 cm³/mol. The lowest BCUT2D eigenvalue weighted by Crippen LogP contribution is -2.49. The van der Waals surface area contributed by atoms with E-state index in [1.54, 1.807) is 24.3 Å². The van der Waals surface area contributed by atoms with E-state index >= 15 is 0 Å². The molecule has 0 aromatic heterocycles. The van der Waals surface area contributed by atoms with Crippen LogP contribution in [-0.4, -0.2) is 44.7 Å². The fraction of sp³-hybridized carbons (Fsp3) is 0.387. The van der Waals surface area contributed by atoms with Crippen molar-refractivity contribution in [3.8, 4) is 11.5 Å². The van der Waals surface area contributed by atoms with Crippen molar-refractivity contribution in [3.05, 3.63) is 93.2 Å². The third kappa shape index (κ3) is 6.41. The minimum Gasteiger partial charge on any atom is -0.461 e. The summed E-state index contributed by atoms with van der Waals surface area (Å²) in [7, 11) is -4.68. The van der Waals surface area contributed by atoms with Crippen LogP contribution in [-0.2, 0) is 37.0 Å². The van der Waals surface area contributed by atoms with E-state index in [4.69, 9.17) is 14.2 Å². The summed E-state index contributed by atoms with van der Waals surface area (Å²) < 4.78 is 89.2. The topological polar surface area (TPSA) is 135 Å². The molecule has 0 bridgehead atoms. The normalized spacial score (nSPS) is 19.6. The molecule has 2 unspecified atom stereocenters. The van der Waals surface area contributed by atoms with Crippen molar-refractivity contribution >= 4 is 27.3 Å². The number of ether oxygens (including phenoxy) is 3. The average Bonchev–Trinajstić information content (AvgIpc) is 3.52. The molecule has 3 aliphatic rings. The van der Waals surface area contributed by atoms with E-state index in [0.29, 0.717) is 47.7 Å². The molecule has 0 amide bonds. The summed E-state index contributed by atoms with van der Waals surface area (Å²) in [5, 5.41) is 8.07. The van der Waals surface area contributed by atoms with Gasteiger partial charge in [-0.2, -0.15) is 13.2 Å². The Kier molecular flexibility index (Phi) is 9.60. The summed E-state index contributed by atoms with van der Waals surface area (Å²) >= 11 is 0. The number of esters is 1. The SMILES string of the molecule is CCc1ccc(C2=C(C(=O)OCCCCCCO[N+](=O)[O-])N(c3ccccc3C(F)(F)F)S(=O)(=O)C3C=CC=CC23)c2c1OCO2. The number of hydrogen-bond donors (Lipinski definition) is 0. The van der Waals surface area contributed by atoms with Crippen LogP contribution in [0.15, 0.2) is 66.4 Å². The maximum absolute atomic E-state index is 14.4. The van der Waals surface area contributed by atoms with Gasteiger partial charge in [-0.3, -0.25) is 0 Å². The Balaban J connectivity index is 1.64. The highest BCUT2D eigenvalue weighted by Gasteiger charge is 2.51. The van der Waals surface area contributed by atoms with Gasteiger partial charge in [-0.1, -0.05) is 61.9 Å². The molecule has 2 atom stereocenters. The summed E-state index contributed by atoms with van der Waals surface area (Å²) in [6, 6.07) is 7.55. The van der Waals surface area contributed by atoms with Gasteiger partial charge in [-0.15, -0.1) is 10.1 Å². The minimum atomic E-state index is -4.96. The molecule has 2 aliphatic heterocycles. The number of benzene rings is 2. The largest absolute Gasteiger partial charge is 0.461 e. The number of carbonyl (C=O) groups is 1. The fourth-order valence-corrected chi connectivity index (χ4v) is 7.76. The van der Waals surface area contributed by atoms with Crippen LogP contribution < -0.4 is 13.8 Å². The van der Waals surface area contributed by atoms with Crippen LogP contribution in [0, 0.1) is 16.0 Å². The lowest BCUT2D eigenvalue weighted by atomic mass is 9.84. The van der Waals surface area contributed by atoms with Gasteiger partial charge in [-0.25, -0.2) is 17.5 Å². The van der Waals surface area contributed by atoms with E-state index in [0.717, 1.165) is 23.8 Å². The number of sulfonamides is 1. The number of allylic oxidation sites excluding steroid dienone is 4. The van der Waals surface area contributed by atoms with Crippen molar-refractivity contribution in [1.29, 1.82) is 0 Å². The second kappa shape index (κ2) is 13.4. The van der Waals surface area contributed by atoms with E-state index in [9.17, 15) is 36.5 Å². The summed E-state index contributed by atoms with van der Waals surface area (Å²) in [5.41, 5.74) is -1.38. The van der Waals surface area contributed by atoms with E-state index < -0.39 is 55.4 Å². The van der Waals surface area contributed by atoms with Crippen molar-refractivity contribution in [2.45, 2.75) is 50.5 Å². The zero-order valence-corrected chi connectivity index (χ0v) is 25.5. The number of hydrogen-bond acceptors (Lipinski definition) is 9. The number of nitrogens with zero attached hydrogens (tertiary/aromatic N) is 2. The van der Waals surface area contributed by atoms with Gasteiger partial charge in [0.1, 0.15) is 10.9 Å². The highest BCUT2D eigenvalue weighted by molar-refractivity contribution is 7.94. The fourth-order valence-electron chi connectivity index (χ4n) is 5.77. The van der Waals surface area contributed by atoms with Gasteiger partial charge in [0.05, 0.1) is 24.5 Å². The van der Waals surface area contributed by atoms with Crippen LogP contribution in [0.25, 0.3) is 5.57 Å². The third-order valence-electron chi connectivity index (χ3n) is 7.84. The lowest BCUT2D eigenvalue weighted by Gasteiger charge is -2.41. The van der Waals surface area contributed by atoms with Gasteiger partial charge in [0.2, 0.25) is 16.8 Å². The zero-order chi connectivity index (χ0) is 33.1. The Morgan fingerprint density at radius 1 is 1.02 bits per heavy atom. The molecule has 11 nitrogen and oxygen atoms in total. The minimum absolute atomic E-state index is 0.0914. The Morgan fingerprint density at radius 3 is 2.43 bits per heavy atom.